The lowest BCUT2D eigenvalue weighted by Gasteiger charge is -2.25. The van der Waals surface area contributed by atoms with Crippen LogP contribution < -0.4 is 16.0 Å². The van der Waals surface area contributed by atoms with E-state index < -0.39 is 6.04 Å². The zero-order chi connectivity index (χ0) is 25.1. The van der Waals surface area contributed by atoms with E-state index in [1.165, 1.54) is 35.4 Å². The monoisotopic (exact) mass is 519 g/mol. The molecule has 4 aromatic rings. The van der Waals surface area contributed by atoms with Crippen molar-refractivity contribution in [2.45, 2.75) is 24.0 Å². The molecule has 5 rings (SSSR count). The SMILES string of the molecule is N[C@H]1CSc2ccc(C(=O)NCc3ccc(F)cc3)cc2N(Cc2ccc(-c3csnn3)cc2)C1=O. The van der Waals surface area contributed by atoms with Crippen molar-refractivity contribution in [3.63, 3.8) is 0 Å². The van der Waals surface area contributed by atoms with E-state index >= 15 is 0 Å². The van der Waals surface area contributed by atoms with Gasteiger partial charge >= 0.3 is 0 Å². The van der Waals surface area contributed by atoms with Crippen molar-refractivity contribution < 1.29 is 14.0 Å². The van der Waals surface area contributed by atoms with Crippen molar-refractivity contribution in [3.05, 3.63) is 94.6 Å². The zero-order valence-electron chi connectivity index (χ0n) is 19.1. The Labute approximate surface area is 215 Å². The summed E-state index contributed by atoms with van der Waals surface area (Å²) in [6.45, 7) is 0.579. The molecule has 3 N–H and O–H groups in total. The van der Waals surface area contributed by atoms with Crippen molar-refractivity contribution in [2.24, 2.45) is 5.73 Å². The van der Waals surface area contributed by atoms with Crippen molar-refractivity contribution in [1.29, 1.82) is 0 Å². The Morgan fingerprint density at radius 1 is 1.08 bits per heavy atom. The molecule has 0 saturated carbocycles. The number of aromatic nitrogens is 2. The molecular weight excluding hydrogens is 497 g/mol. The molecule has 1 atom stereocenters. The second-order valence-electron chi connectivity index (χ2n) is 8.32. The van der Waals surface area contributed by atoms with E-state index in [0.717, 1.165) is 27.3 Å². The standard InChI is InChI=1S/C26H22FN5O2S2/c27-20-8-3-16(4-9-20)12-29-25(33)19-7-10-24-23(11-19)32(26(34)21(28)14-35-24)13-17-1-5-18(6-2-17)22-15-36-31-30-22/h1-11,15,21H,12-14,28H2,(H,29,33)/t21-/m0/s1. The fourth-order valence-corrected chi connectivity index (χ4v) is 5.31. The summed E-state index contributed by atoms with van der Waals surface area (Å²) in [6, 6.07) is 18.4. The van der Waals surface area contributed by atoms with Crippen molar-refractivity contribution >= 4 is 40.8 Å². The number of nitrogens with two attached hydrogens (primary N) is 1. The Hall–Kier alpha value is -3.60. The molecular formula is C26H22FN5O2S2. The molecule has 10 heteroatoms. The van der Waals surface area contributed by atoms with Crippen LogP contribution in [-0.2, 0) is 17.9 Å². The topological polar surface area (TPSA) is 101 Å². The van der Waals surface area contributed by atoms with Gasteiger partial charge in [-0.05, 0) is 53.0 Å². The van der Waals surface area contributed by atoms with Gasteiger partial charge in [0.05, 0.1) is 18.3 Å². The minimum Gasteiger partial charge on any atom is -0.348 e. The lowest BCUT2D eigenvalue weighted by Crippen LogP contribution is -2.44. The third kappa shape index (κ3) is 5.30. The first-order valence-electron chi connectivity index (χ1n) is 11.2. The van der Waals surface area contributed by atoms with Gasteiger partial charge in [0.2, 0.25) is 5.91 Å². The average molecular weight is 520 g/mol. The van der Waals surface area contributed by atoms with Gasteiger partial charge in [0.25, 0.3) is 5.91 Å². The van der Waals surface area contributed by atoms with Gasteiger partial charge in [-0.15, -0.1) is 16.9 Å². The fourth-order valence-electron chi connectivity index (χ4n) is 3.86. The summed E-state index contributed by atoms with van der Waals surface area (Å²) in [5.41, 5.74) is 10.7. The van der Waals surface area contributed by atoms with Gasteiger partial charge in [-0.2, -0.15) is 0 Å². The lowest BCUT2D eigenvalue weighted by atomic mass is 10.1. The van der Waals surface area contributed by atoms with E-state index in [1.807, 2.05) is 35.7 Å². The zero-order valence-corrected chi connectivity index (χ0v) is 20.7. The molecule has 0 fully saturated rings. The number of carbonyl (C=O) groups excluding carboxylic acids is 2. The first-order valence-corrected chi connectivity index (χ1v) is 13.0. The van der Waals surface area contributed by atoms with Crippen LogP contribution in [0.2, 0.25) is 0 Å². The highest BCUT2D eigenvalue weighted by Crippen LogP contribution is 2.36. The molecule has 0 bridgehead atoms. The van der Waals surface area contributed by atoms with Crippen LogP contribution >= 0.6 is 23.3 Å². The minimum atomic E-state index is -0.654. The number of halogens is 1. The number of rotatable bonds is 6. The molecule has 182 valence electrons. The fraction of sp³-hybridized carbons (Fsp3) is 0.154. The predicted octanol–water partition coefficient (Wildman–Crippen LogP) is 4.24. The number of nitrogens with one attached hydrogen (secondary N) is 1. The summed E-state index contributed by atoms with van der Waals surface area (Å²) in [4.78, 5) is 28.6. The molecule has 0 spiro atoms. The summed E-state index contributed by atoms with van der Waals surface area (Å²) < 4.78 is 17.0. The van der Waals surface area contributed by atoms with E-state index in [-0.39, 0.29) is 24.2 Å². The number of thioether (sulfide) groups is 1. The first kappa shape index (κ1) is 24.1. The number of hydrogen-bond acceptors (Lipinski definition) is 7. The second kappa shape index (κ2) is 10.6. The Morgan fingerprint density at radius 2 is 1.83 bits per heavy atom. The molecule has 1 aliphatic heterocycles. The van der Waals surface area contributed by atoms with Gasteiger partial charge in [0.1, 0.15) is 11.5 Å². The van der Waals surface area contributed by atoms with E-state index in [1.54, 1.807) is 29.2 Å². The summed E-state index contributed by atoms with van der Waals surface area (Å²) in [5.74, 6) is -0.355. The van der Waals surface area contributed by atoms with Crippen LogP contribution in [0.5, 0.6) is 0 Å². The molecule has 2 heterocycles. The molecule has 1 aromatic heterocycles. The molecule has 0 radical (unpaired) electrons. The highest BCUT2D eigenvalue weighted by Gasteiger charge is 2.29. The third-order valence-electron chi connectivity index (χ3n) is 5.83. The lowest BCUT2D eigenvalue weighted by molar-refractivity contribution is -0.119. The number of anilines is 1. The molecule has 3 aromatic carbocycles. The van der Waals surface area contributed by atoms with Gasteiger partial charge in [0, 0.05) is 33.7 Å². The molecule has 7 nitrogen and oxygen atoms in total. The smallest absolute Gasteiger partial charge is 0.251 e. The van der Waals surface area contributed by atoms with Crippen LogP contribution in [0.25, 0.3) is 11.3 Å². The largest absolute Gasteiger partial charge is 0.348 e. The summed E-state index contributed by atoms with van der Waals surface area (Å²) in [6.07, 6.45) is 0. The van der Waals surface area contributed by atoms with Crippen LogP contribution in [0.4, 0.5) is 10.1 Å². The Bertz CT molecular complexity index is 1380. The quantitative estimate of drug-likeness (QED) is 0.395. The minimum absolute atomic E-state index is 0.196. The van der Waals surface area contributed by atoms with Crippen LogP contribution in [0, 0.1) is 5.82 Å². The highest BCUT2D eigenvalue weighted by molar-refractivity contribution is 7.99. The Kier molecular flexibility index (Phi) is 7.08. The first-order chi connectivity index (χ1) is 17.5. The number of benzene rings is 3. The number of amides is 2. The van der Waals surface area contributed by atoms with Crippen LogP contribution in [0.1, 0.15) is 21.5 Å². The molecule has 2 amide bonds. The van der Waals surface area contributed by atoms with E-state index in [2.05, 4.69) is 14.9 Å². The van der Waals surface area contributed by atoms with Crippen LogP contribution in [0.3, 0.4) is 0 Å². The summed E-state index contributed by atoms with van der Waals surface area (Å²) in [7, 11) is 0. The molecule has 0 saturated heterocycles. The summed E-state index contributed by atoms with van der Waals surface area (Å²) >= 11 is 2.79. The molecule has 0 unspecified atom stereocenters. The number of hydrogen-bond donors (Lipinski definition) is 2. The Balaban J connectivity index is 1.38. The van der Waals surface area contributed by atoms with Gasteiger partial charge in [-0.3, -0.25) is 9.59 Å². The van der Waals surface area contributed by atoms with Crippen molar-refractivity contribution in [3.8, 4) is 11.3 Å². The van der Waals surface area contributed by atoms with Gasteiger partial charge in [-0.1, -0.05) is 40.9 Å². The number of fused-ring (bicyclic) bond motifs is 1. The maximum absolute atomic E-state index is 13.2. The maximum atomic E-state index is 13.2. The maximum Gasteiger partial charge on any atom is 0.251 e. The molecule has 1 aliphatic rings. The average Bonchev–Trinajstić information content (AvgIpc) is 3.41. The predicted molar refractivity (Wildman–Crippen MR) is 139 cm³/mol. The highest BCUT2D eigenvalue weighted by atomic mass is 32.2. The van der Waals surface area contributed by atoms with Gasteiger partial charge in [0.15, 0.2) is 0 Å². The number of nitrogens with zero attached hydrogens (tertiary/aromatic N) is 3. The van der Waals surface area contributed by atoms with Crippen molar-refractivity contribution in [1.82, 2.24) is 14.9 Å². The van der Waals surface area contributed by atoms with Crippen molar-refractivity contribution in [2.75, 3.05) is 10.7 Å². The van der Waals surface area contributed by atoms with E-state index in [9.17, 15) is 14.0 Å². The van der Waals surface area contributed by atoms with E-state index in [4.69, 9.17) is 5.73 Å². The van der Waals surface area contributed by atoms with Crippen LogP contribution in [0.15, 0.2) is 77.0 Å². The molecule has 36 heavy (non-hydrogen) atoms. The normalized spacial score (nSPS) is 15.3. The van der Waals surface area contributed by atoms with Gasteiger partial charge < -0.3 is 16.0 Å². The molecule has 0 aliphatic carbocycles. The second-order valence-corrected chi connectivity index (χ2v) is 9.99. The third-order valence-corrected chi connectivity index (χ3v) is 7.52. The van der Waals surface area contributed by atoms with E-state index in [0.29, 0.717) is 23.5 Å². The van der Waals surface area contributed by atoms with Gasteiger partial charge in [-0.25, -0.2) is 4.39 Å². The Morgan fingerprint density at radius 3 is 2.56 bits per heavy atom. The van der Waals surface area contributed by atoms with Crippen LogP contribution in [-0.4, -0.2) is 33.2 Å². The number of carbonyl (C=O) groups is 2. The summed E-state index contributed by atoms with van der Waals surface area (Å²) in [5, 5.41) is 8.82.